The van der Waals surface area contributed by atoms with Crippen LogP contribution in [0.2, 0.25) is 0 Å². The number of hydrogen-bond donors (Lipinski definition) is 1. The number of rotatable bonds is 3. The van der Waals surface area contributed by atoms with Crippen LogP contribution in [0.3, 0.4) is 0 Å². The second kappa shape index (κ2) is 4.27. The Balaban J connectivity index is 3.13. The van der Waals surface area contributed by atoms with Gasteiger partial charge in [-0.3, -0.25) is 4.79 Å². The van der Waals surface area contributed by atoms with Gasteiger partial charge in [-0.15, -0.1) is 0 Å². The van der Waals surface area contributed by atoms with Crippen molar-refractivity contribution in [2.75, 3.05) is 0 Å². The fourth-order valence-corrected chi connectivity index (χ4v) is 1.59. The summed E-state index contributed by atoms with van der Waals surface area (Å²) in [6, 6.07) is 4.08. The minimum atomic E-state index is -0.761. The number of carbonyl (C=O) groups is 1. The third kappa shape index (κ3) is 2.34. The van der Waals surface area contributed by atoms with E-state index in [1.54, 1.807) is 0 Å². The van der Waals surface area contributed by atoms with Crippen LogP contribution >= 0.6 is 0 Å². The van der Waals surface area contributed by atoms with E-state index in [-0.39, 0.29) is 6.42 Å². The summed E-state index contributed by atoms with van der Waals surface area (Å²) in [4.78, 5) is 10.6. The van der Waals surface area contributed by atoms with Crippen molar-refractivity contribution in [1.29, 1.82) is 0 Å². The number of aryl methyl sites for hydroxylation is 3. The lowest BCUT2D eigenvalue weighted by molar-refractivity contribution is -0.136. The van der Waals surface area contributed by atoms with Gasteiger partial charge in [-0.25, -0.2) is 0 Å². The molecule has 76 valence electrons. The molecule has 0 aromatic heterocycles. The molecule has 1 N–H and O–H groups in total. The van der Waals surface area contributed by atoms with Crippen LogP contribution in [0.5, 0.6) is 0 Å². The zero-order valence-electron chi connectivity index (χ0n) is 8.92. The van der Waals surface area contributed by atoms with Crippen molar-refractivity contribution in [3.05, 3.63) is 34.4 Å². The standard InChI is InChI=1S/C12H16O2/c1-4-10-5-8(2)9(3)6-11(10)7-12(13)14/h5-6H,4,7H2,1-3H3,(H,13,14). The normalized spacial score (nSPS) is 10.2. The molecule has 0 spiro atoms. The zero-order valence-corrected chi connectivity index (χ0v) is 8.92. The maximum Gasteiger partial charge on any atom is 0.307 e. The molecule has 0 unspecified atom stereocenters. The molecule has 0 amide bonds. The molecular weight excluding hydrogens is 176 g/mol. The van der Waals surface area contributed by atoms with E-state index in [0.717, 1.165) is 17.5 Å². The molecule has 0 saturated carbocycles. The Kier molecular flexibility index (Phi) is 3.28. The predicted molar refractivity (Wildman–Crippen MR) is 56.6 cm³/mol. The van der Waals surface area contributed by atoms with Gasteiger partial charge in [0.05, 0.1) is 6.42 Å². The highest BCUT2D eigenvalue weighted by molar-refractivity contribution is 5.71. The summed E-state index contributed by atoms with van der Waals surface area (Å²) in [5.41, 5.74) is 4.49. The Labute approximate surface area is 84.6 Å². The number of carboxylic acids is 1. The van der Waals surface area contributed by atoms with E-state index < -0.39 is 5.97 Å². The van der Waals surface area contributed by atoms with Crippen LogP contribution in [-0.4, -0.2) is 11.1 Å². The molecule has 0 fully saturated rings. The second-order valence-electron chi connectivity index (χ2n) is 3.63. The number of benzene rings is 1. The molecule has 2 heteroatoms. The van der Waals surface area contributed by atoms with Crippen LogP contribution in [-0.2, 0) is 17.6 Å². The van der Waals surface area contributed by atoms with Gasteiger partial charge < -0.3 is 5.11 Å². The molecule has 0 saturated heterocycles. The van der Waals surface area contributed by atoms with Crippen molar-refractivity contribution in [3.8, 4) is 0 Å². The monoisotopic (exact) mass is 192 g/mol. The first-order valence-electron chi connectivity index (χ1n) is 4.85. The van der Waals surface area contributed by atoms with Gasteiger partial charge in [-0.05, 0) is 42.5 Å². The largest absolute Gasteiger partial charge is 0.481 e. The molecule has 14 heavy (non-hydrogen) atoms. The van der Waals surface area contributed by atoms with Gasteiger partial charge in [0, 0.05) is 0 Å². The molecule has 0 radical (unpaired) electrons. The van der Waals surface area contributed by atoms with Gasteiger partial charge in [0.25, 0.3) is 0 Å². The molecule has 1 aromatic carbocycles. The lowest BCUT2D eigenvalue weighted by Crippen LogP contribution is -2.04. The Bertz CT molecular complexity index is 354. The van der Waals surface area contributed by atoms with Crippen LogP contribution in [0, 0.1) is 13.8 Å². The van der Waals surface area contributed by atoms with E-state index in [2.05, 4.69) is 19.9 Å². The zero-order chi connectivity index (χ0) is 10.7. The fourth-order valence-electron chi connectivity index (χ4n) is 1.59. The molecule has 0 aliphatic rings. The maximum atomic E-state index is 10.6. The summed E-state index contributed by atoms with van der Waals surface area (Å²) < 4.78 is 0. The summed E-state index contributed by atoms with van der Waals surface area (Å²) in [7, 11) is 0. The van der Waals surface area contributed by atoms with Gasteiger partial charge in [0.1, 0.15) is 0 Å². The average molecular weight is 192 g/mol. The predicted octanol–water partition coefficient (Wildman–Crippen LogP) is 2.49. The smallest absolute Gasteiger partial charge is 0.307 e. The summed E-state index contributed by atoms with van der Waals surface area (Å²) >= 11 is 0. The van der Waals surface area contributed by atoms with E-state index in [0.29, 0.717) is 0 Å². The van der Waals surface area contributed by atoms with E-state index in [9.17, 15) is 4.79 Å². The number of carboxylic acid groups (broad SMARTS) is 1. The van der Waals surface area contributed by atoms with Crippen LogP contribution < -0.4 is 0 Å². The van der Waals surface area contributed by atoms with E-state index in [1.807, 2.05) is 13.0 Å². The molecule has 0 atom stereocenters. The van der Waals surface area contributed by atoms with Gasteiger partial charge in [0.2, 0.25) is 0 Å². The molecule has 0 aliphatic carbocycles. The van der Waals surface area contributed by atoms with E-state index in [1.165, 1.54) is 11.1 Å². The Morgan fingerprint density at radius 3 is 2.14 bits per heavy atom. The number of aliphatic carboxylic acids is 1. The van der Waals surface area contributed by atoms with Crippen molar-refractivity contribution < 1.29 is 9.90 Å². The van der Waals surface area contributed by atoms with E-state index in [4.69, 9.17) is 5.11 Å². The molecule has 1 rings (SSSR count). The van der Waals surface area contributed by atoms with Crippen LogP contribution in [0.4, 0.5) is 0 Å². The van der Waals surface area contributed by atoms with Crippen molar-refractivity contribution in [3.63, 3.8) is 0 Å². The van der Waals surface area contributed by atoms with Crippen LogP contribution in [0.15, 0.2) is 12.1 Å². The molecule has 1 aromatic rings. The van der Waals surface area contributed by atoms with Crippen molar-refractivity contribution in [2.24, 2.45) is 0 Å². The van der Waals surface area contributed by atoms with Crippen molar-refractivity contribution in [2.45, 2.75) is 33.6 Å². The Morgan fingerprint density at radius 1 is 1.21 bits per heavy atom. The molecular formula is C12H16O2. The average Bonchev–Trinajstić information content (AvgIpc) is 2.10. The third-order valence-corrected chi connectivity index (χ3v) is 2.54. The summed E-state index contributed by atoms with van der Waals surface area (Å²) in [5.74, 6) is -0.761. The van der Waals surface area contributed by atoms with Crippen molar-refractivity contribution in [1.82, 2.24) is 0 Å². The molecule has 2 nitrogen and oxygen atoms in total. The molecule has 0 aliphatic heterocycles. The minimum absolute atomic E-state index is 0.129. The van der Waals surface area contributed by atoms with Crippen LogP contribution in [0.1, 0.15) is 29.2 Å². The first-order valence-corrected chi connectivity index (χ1v) is 4.85. The summed E-state index contributed by atoms with van der Waals surface area (Å²) in [6.45, 7) is 6.12. The lowest BCUT2D eigenvalue weighted by atomic mass is 9.96. The molecule has 0 bridgehead atoms. The second-order valence-corrected chi connectivity index (χ2v) is 3.63. The Hall–Kier alpha value is -1.31. The summed E-state index contributed by atoms with van der Waals surface area (Å²) in [6.07, 6.45) is 1.02. The first-order chi connectivity index (χ1) is 6.54. The Morgan fingerprint density at radius 2 is 1.71 bits per heavy atom. The van der Waals surface area contributed by atoms with Gasteiger partial charge in [-0.1, -0.05) is 19.1 Å². The highest BCUT2D eigenvalue weighted by atomic mass is 16.4. The maximum absolute atomic E-state index is 10.6. The van der Waals surface area contributed by atoms with E-state index >= 15 is 0 Å². The minimum Gasteiger partial charge on any atom is -0.481 e. The van der Waals surface area contributed by atoms with Crippen LogP contribution in [0.25, 0.3) is 0 Å². The van der Waals surface area contributed by atoms with Gasteiger partial charge >= 0.3 is 5.97 Å². The lowest BCUT2D eigenvalue weighted by Gasteiger charge is -2.09. The first kappa shape index (κ1) is 10.8. The van der Waals surface area contributed by atoms with Gasteiger partial charge in [-0.2, -0.15) is 0 Å². The highest BCUT2D eigenvalue weighted by Crippen LogP contribution is 2.17. The summed E-state index contributed by atoms with van der Waals surface area (Å²) in [5, 5.41) is 8.75. The third-order valence-electron chi connectivity index (χ3n) is 2.54. The number of hydrogen-bond acceptors (Lipinski definition) is 1. The highest BCUT2D eigenvalue weighted by Gasteiger charge is 2.07. The fraction of sp³-hybridized carbons (Fsp3) is 0.417. The SMILES string of the molecule is CCc1cc(C)c(C)cc1CC(=O)O. The van der Waals surface area contributed by atoms with Gasteiger partial charge in [0.15, 0.2) is 0 Å². The van der Waals surface area contributed by atoms with Crippen molar-refractivity contribution >= 4 is 5.97 Å². The quantitative estimate of drug-likeness (QED) is 0.798. The topological polar surface area (TPSA) is 37.3 Å². The molecule has 0 heterocycles.